The minimum absolute atomic E-state index is 0.0688. The summed E-state index contributed by atoms with van der Waals surface area (Å²) in [6.45, 7) is 3.69. The van der Waals surface area contributed by atoms with Gasteiger partial charge in [-0.1, -0.05) is 0 Å². The van der Waals surface area contributed by atoms with Crippen molar-refractivity contribution in [2.45, 2.75) is 45.4 Å². The summed E-state index contributed by atoms with van der Waals surface area (Å²) in [5.74, 6) is -0.267. The van der Waals surface area contributed by atoms with Crippen LogP contribution in [0.3, 0.4) is 0 Å². The van der Waals surface area contributed by atoms with E-state index in [0.717, 1.165) is 0 Å². The van der Waals surface area contributed by atoms with Crippen molar-refractivity contribution in [3.05, 3.63) is 0 Å². The van der Waals surface area contributed by atoms with Crippen molar-refractivity contribution >= 4 is 5.78 Å². The van der Waals surface area contributed by atoms with Crippen LogP contribution in [-0.4, -0.2) is 24.7 Å². The Bertz CT molecular complexity index is 177. The Balaban J connectivity index is 3.64. The number of hydrogen-bond donors (Lipinski definition) is 0. The van der Waals surface area contributed by atoms with Crippen molar-refractivity contribution in [2.24, 2.45) is 0 Å². The van der Waals surface area contributed by atoms with Crippen LogP contribution in [0.15, 0.2) is 0 Å². The summed E-state index contributed by atoms with van der Waals surface area (Å²) in [6.07, 6.45) is -5.89. The van der Waals surface area contributed by atoms with Crippen LogP contribution in [0.2, 0.25) is 0 Å². The fourth-order valence-electron chi connectivity index (χ4n) is 1.01. The molecule has 0 aliphatic rings. The number of Topliss-reactive ketones (excluding diaryl/α,β-unsaturated/α-hetero) is 1. The molecule has 0 radical (unpaired) electrons. The Hall–Kier alpha value is -0.580. The lowest BCUT2D eigenvalue weighted by Gasteiger charge is -2.10. The van der Waals surface area contributed by atoms with Crippen LogP contribution >= 0.6 is 0 Å². The lowest BCUT2D eigenvalue weighted by molar-refractivity contribution is -0.139. The zero-order valence-corrected chi connectivity index (χ0v) is 8.36. The van der Waals surface area contributed by atoms with Crippen molar-refractivity contribution < 1.29 is 22.7 Å². The zero-order chi connectivity index (χ0) is 11.2. The van der Waals surface area contributed by atoms with Gasteiger partial charge in [-0.3, -0.25) is 4.79 Å². The van der Waals surface area contributed by atoms with E-state index in [9.17, 15) is 18.0 Å². The Morgan fingerprint density at radius 1 is 1.43 bits per heavy atom. The first-order valence-electron chi connectivity index (χ1n) is 4.58. The Morgan fingerprint density at radius 3 is 2.43 bits per heavy atom. The highest BCUT2D eigenvalue weighted by Gasteiger charge is 2.27. The molecule has 0 aromatic rings. The van der Waals surface area contributed by atoms with Gasteiger partial charge in [0.05, 0.1) is 0 Å². The number of ketones is 1. The van der Waals surface area contributed by atoms with Gasteiger partial charge in [-0.2, -0.15) is 13.2 Å². The van der Waals surface area contributed by atoms with Gasteiger partial charge in [0.15, 0.2) is 5.78 Å². The van der Waals surface area contributed by atoms with Gasteiger partial charge < -0.3 is 4.74 Å². The highest BCUT2D eigenvalue weighted by atomic mass is 19.4. The summed E-state index contributed by atoms with van der Waals surface area (Å²) < 4.78 is 40.1. The molecule has 1 unspecified atom stereocenters. The van der Waals surface area contributed by atoms with Gasteiger partial charge in [0, 0.05) is 19.4 Å². The van der Waals surface area contributed by atoms with Crippen molar-refractivity contribution in [1.82, 2.24) is 0 Å². The molecule has 0 aliphatic carbocycles. The number of hydrogen-bond acceptors (Lipinski definition) is 2. The van der Waals surface area contributed by atoms with Gasteiger partial charge in [0.2, 0.25) is 0 Å². The van der Waals surface area contributed by atoms with Crippen LogP contribution in [0, 0.1) is 0 Å². The molecule has 1 atom stereocenters. The number of alkyl halides is 3. The fraction of sp³-hybridized carbons (Fsp3) is 0.889. The van der Waals surface area contributed by atoms with Crippen LogP contribution in [0.5, 0.6) is 0 Å². The molecule has 0 aromatic heterocycles. The summed E-state index contributed by atoms with van der Waals surface area (Å²) in [4.78, 5) is 11.1. The third-order valence-corrected chi connectivity index (χ3v) is 1.75. The maximum Gasteiger partial charge on any atom is 0.389 e. The number of rotatable bonds is 6. The molecule has 0 bridgehead atoms. The lowest BCUT2D eigenvalue weighted by atomic mass is 10.1. The van der Waals surface area contributed by atoms with E-state index >= 15 is 0 Å². The molecule has 5 heteroatoms. The Kier molecular flexibility index (Phi) is 5.76. The van der Waals surface area contributed by atoms with Gasteiger partial charge in [-0.15, -0.1) is 0 Å². The van der Waals surface area contributed by atoms with E-state index in [1.807, 2.05) is 0 Å². The van der Waals surface area contributed by atoms with E-state index in [2.05, 4.69) is 0 Å². The van der Waals surface area contributed by atoms with E-state index in [1.54, 1.807) is 13.8 Å². The molecule has 0 spiro atoms. The SMILES string of the molecule is CCOC(C)C(=O)CCCC(F)(F)F. The smallest absolute Gasteiger partial charge is 0.371 e. The second-order valence-corrected chi connectivity index (χ2v) is 3.03. The van der Waals surface area contributed by atoms with Crippen molar-refractivity contribution in [3.8, 4) is 0 Å². The van der Waals surface area contributed by atoms with E-state index in [0.29, 0.717) is 6.61 Å². The molecule has 84 valence electrons. The maximum absolute atomic E-state index is 11.7. The molecule has 14 heavy (non-hydrogen) atoms. The lowest BCUT2D eigenvalue weighted by Crippen LogP contribution is -2.21. The van der Waals surface area contributed by atoms with Crippen LogP contribution in [-0.2, 0) is 9.53 Å². The highest BCUT2D eigenvalue weighted by Crippen LogP contribution is 2.22. The summed E-state index contributed by atoms with van der Waals surface area (Å²) in [5.41, 5.74) is 0. The number of halogens is 3. The van der Waals surface area contributed by atoms with Gasteiger partial charge >= 0.3 is 6.18 Å². The predicted molar refractivity (Wildman–Crippen MR) is 46.0 cm³/mol. The largest absolute Gasteiger partial charge is 0.389 e. The van der Waals surface area contributed by atoms with E-state index in [-0.39, 0.29) is 18.6 Å². The van der Waals surface area contributed by atoms with E-state index in [4.69, 9.17) is 4.74 Å². The molecule has 0 aromatic carbocycles. The van der Waals surface area contributed by atoms with Gasteiger partial charge in [0.25, 0.3) is 0 Å². The average Bonchev–Trinajstić information content (AvgIpc) is 2.02. The molecular weight excluding hydrogens is 197 g/mol. The van der Waals surface area contributed by atoms with Crippen LogP contribution in [0.4, 0.5) is 13.2 Å². The van der Waals surface area contributed by atoms with E-state index < -0.39 is 18.7 Å². The summed E-state index contributed by atoms with van der Waals surface area (Å²) in [7, 11) is 0. The highest BCUT2D eigenvalue weighted by molar-refractivity contribution is 5.82. The monoisotopic (exact) mass is 212 g/mol. The normalized spacial score (nSPS) is 14.1. The minimum atomic E-state index is -4.17. The van der Waals surface area contributed by atoms with Crippen LogP contribution < -0.4 is 0 Å². The second-order valence-electron chi connectivity index (χ2n) is 3.03. The maximum atomic E-state index is 11.7. The van der Waals surface area contributed by atoms with Gasteiger partial charge in [0.1, 0.15) is 6.10 Å². The molecular formula is C9H15F3O2. The topological polar surface area (TPSA) is 26.3 Å². The fourth-order valence-corrected chi connectivity index (χ4v) is 1.01. The summed E-state index contributed by atoms with van der Waals surface area (Å²) in [6, 6.07) is 0. The summed E-state index contributed by atoms with van der Waals surface area (Å²) >= 11 is 0. The molecule has 0 rings (SSSR count). The van der Waals surface area contributed by atoms with Crippen LogP contribution in [0.25, 0.3) is 0 Å². The summed E-state index contributed by atoms with van der Waals surface area (Å²) in [5, 5.41) is 0. The third-order valence-electron chi connectivity index (χ3n) is 1.75. The first-order chi connectivity index (χ1) is 6.37. The number of ether oxygens (including phenoxy) is 1. The molecule has 0 saturated carbocycles. The molecule has 0 fully saturated rings. The Labute approximate surface area is 81.4 Å². The molecule has 0 amide bonds. The third kappa shape index (κ3) is 6.88. The van der Waals surface area contributed by atoms with E-state index in [1.165, 1.54) is 0 Å². The number of carbonyl (C=O) groups is 1. The molecule has 2 nitrogen and oxygen atoms in total. The van der Waals surface area contributed by atoms with Crippen molar-refractivity contribution in [1.29, 1.82) is 0 Å². The number of carbonyl (C=O) groups excluding carboxylic acids is 1. The molecule has 0 saturated heterocycles. The molecule has 0 N–H and O–H groups in total. The standard InChI is InChI=1S/C9H15F3O2/c1-3-14-7(2)8(13)5-4-6-9(10,11)12/h7H,3-6H2,1-2H3. The average molecular weight is 212 g/mol. The first-order valence-corrected chi connectivity index (χ1v) is 4.58. The van der Waals surface area contributed by atoms with Gasteiger partial charge in [-0.05, 0) is 20.3 Å². The van der Waals surface area contributed by atoms with Crippen molar-refractivity contribution in [2.75, 3.05) is 6.61 Å². The Morgan fingerprint density at radius 2 is 2.00 bits per heavy atom. The predicted octanol–water partition coefficient (Wildman–Crippen LogP) is 2.71. The van der Waals surface area contributed by atoms with Crippen molar-refractivity contribution in [3.63, 3.8) is 0 Å². The molecule has 0 aliphatic heterocycles. The zero-order valence-electron chi connectivity index (χ0n) is 8.36. The first kappa shape index (κ1) is 13.4. The minimum Gasteiger partial charge on any atom is -0.371 e. The molecule has 0 heterocycles. The van der Waals surface area contributed by atoms with Gasteiger partial charge in [-0.25, -0.2) is 0 Å². The van der Waals surface area contributed by atoms with Crippen LogP contribution in [0.1, 0.15) is 33.1 Å². The quantitative estimate of drug-likeness (QED) is 0.676. The second kappa shape index (κ2) is 6.01.